The van der Waals surface area contributed by atoms with Gasteiger partial charge in [-0.05, 0) is 64.4 Å². The van der Waals surface area contributed by atoms with Crippen molar-refractivity contribution >= 4 is 40.1 Å². The number of anilines is 1. The third-order valence-electron chi connectivity index (χ3n) is 8.62. The Hall–Kier alpha value is -4.41. The van der Waals surface area contributed by atoms with Gasteiger partial charge < -0.3 is 24.8 Å². The Morgan fingerprint density at radius 1 is 1.08 bits per heavy atom. The zero-order chi connectivity index (χ0) is 36.0. The van der Waals surface area contributed by atoms with Gasteiger partial charge in [0, 0.05) is 61.1 Å². The number of hydrogen-bond acceptors (Lipinski definition) is 9. The van der Waals surface area contributed by atoms with Gasteiger partial charge in [-0.3, -0.25) is 15.1 Å². The topological polar surface area (TPSA) is 146 Å². The summed E-state index contributed by atoms with van der Waals surface area (Å²) >= 11 is 0.755. The van der Waals surface area contributed by atoms with Crippen molar-refractivity contribution < 1.29 is 27.9 Å². The summed E-state index contributed by atoms with van der Waals surface area (Å²) in [5.74, 6) is -1.30. The molecule has 0 bridgehead atoms. The van der Waals surface area contributed by atoms with Crippen LogP contribution in [0.4, 0.5) is 23.8 Å². The Morgan fingerprint density at radius 3 is 2.50 bits per heavy atom. The van der Waals surface area contributed by atoms with Crippen LogP contribution in [0.5, 0.6) is 0 Å². The first kappa shape index (κ1) is 36.9. The van der Waals surface area contributed by atoms with E-state index in [-0.39, 0.29) is 39.1 Å². The van der Waals surface area contributed by atoms with Crippen LogP contribution in [-0.2, 0) is 6.18 Å². The number of piperidine rings is 1. The predicted octanol–water partition coefficient (Wildman–Crippen LogP) is 6.20. The summed E-state index contributed by atoms with van der Waals surface area (Å²) in [7, 11) is 0. The lowest BCUT2D eigenvalue weighted by Crippen LogP contribution is -2.42. The molecule has 2 amide bonds. The van der Waals surface area contributed by atoms with E-state index < -0.39 is 34.9 Å². The number of alkyl halides is 3. The third kappa shape index (κ3) is 8.47. The van der Waals surface area contributed by atoms with E-state index >= 15 is 0 Å². The molecule has 268 valence electrons. The maximum absolute atomic E-state index is 13.6. The lowest BCUT2D eigenvalue weighted by atomic mass is 10.0. The summed E-state index contributed by atoms with van der Waals surface area (Å²) in [6, 6.07) is 2.17. The smallest absolute Gasteiger partial charge is 0.434 e. The monoisotopic (exact) mass is 714 g/mol. The average molecular weight is 715 g/mol. The van der Waals surface area contributed by atoms with Gasteiger partial charge in [-0.25, -0.2) is 19.6 Å². The molecule has 4 aromatic rings. The Morgan fingerprint density at radius 2 is 1.84 bits per heavy atom. The highest BCUT2D eigenvalue weighted by Gasteiger charge is 2.34. The molecule has 5 rings (SSSR count). The first-order chi connectivity index (χ1) is 23.9. The minimum absolute atomic E-state index is 0.00833. The zero-order valence-electron chi connectivity index (χ0n) is 28.2. The first-order valence-corrected chi connectivity index (χ1v) is 17.6. The Balaban J connectivity index is 1.56. The van der Waals surface area contributed by atoms with Gasteiger partial charge in [0.1, 0.15) is 16.4 Å². The molecule has 1 unspecified atom stereocenters. The number of nitrogens with zero attached hydrogens (tertiary/aromatic N) is 6. The average Bonchev–Trinajstić information content (AvgIpc) is 3.59. The van der Waals surface area contributed by atoms with Gasteiger partial charge in [0.05, 0.1) is 22.8 Å². The predicted molar refractivity (Wildman–Crippen MR) is 187 cm³/mol. The number of nitrogens with one attached hydrogen (secondary N) is 2. The van der Waals surface area contributed by atoms with Gasteiger partial charge in [0.2, 0.25) is 5.43 Å². The first-order valence-electron chi connectivity index (χ1n) is 16.7. The number of fused-ring (bicyclic) bond motifs is 1. The van der Waals surface area contributed by atoms with Crippen LogP contribution in [0.3, 0.4) is 0 Å². The number of aromatic carboxylic acids is 1. The SMILES string of the molecule is CCCN(CCC)CCN1CCCC(n2cc(C(=O)O)c(=O)c3cc(-c4cnc(NC(=O)NCC)cc4-c4nc(C(F)(F)F)cs4)ncc32)C1. The van der Waals surface area contributed by atoms with Crippen LogP contribution < -0.4 is 16.1 Å². The summed E-state index contributed by atoms with van der Waals surface area (Å²) in [5.41, 5.74) is -1.11. The molecule has 1 atom stereocenters. The van der Waals surface area contributed by atoms with Crippen LogP contribution in [0.25, 0.3) is 32.7 Å². The van der Waals surface area contributed by atoms with Crippen LogP contribution in [0.1, 0.15) is 68.5 Å². The lowest BCUT2D eigenvalue weighted by Gasteiger charge is -2.36. The van der Waals surface area contributed by atoms with Gasteiger partial charge in [0.25, 0.3) is 0 Å². The fraction of sp³-hybridized carbons (Fsp3) is 0.471. The van der Waals surface area contributed by atoms with E-state index in [0.717, 1.165) is 75.1 Å². The second-order valence-electron chi connectivity index (χ2n) is 12.2. The van der Waals surface area contributed by atoms with Crippen molar-refractivity contribution in [2.24, 2.45) is 0 Å². The Labute approximate surface area is 291 Å². The molecule has 1 fully saturated rings. The second-order valence-corrected chi connectivity index (χ2v) is 13.1. The van der Waals surface area contributed by atoms with Crippen molar-refractivity contribution in [1.82, 2.24) is 34.6 Å². The number of halogens is 3. The molecular weight excluding hydrogens is 673 g/mol. The van der Waals surface area contributed by atoms with E-state index in [4.69, 9.17) is 0 Å². The molecule has 0 radical (unpaired) electrons. The van der Waals surface area contributed by atoms with Crippen molar-refractivity contribution in [3.05, 3.63) is 57.6 Å². The number of rotatable bonds is 13. The molecule has 16 heteroatoms. The fourth-order valence-electron chi connectivity index (χ4n) is 6.32. The summed E-state index contributed by atoms with van der Waals surface area (Å²) in [6.07, 6.45) is 3.37. The van der Waals surface area contributed by atoms with Gasteiger partial charge in [-0.2, -0.15) is 13.2 Å². The van der Waals surface area contributed by atoms with Gasteiger partial charge in [-0.1, -0.05) is 13.8 Å². The number of amides is 2. The van der Waals surface area contributed by atoms with Gasteiger partial charge in [-0.15, -0.1) is 11.3 Å². The lowest BCUT2D eigenvalue weighted by molar-refractivity contribution is -0.140. The molecule has 3 N–H and O–H groups in total. The summed E-state index contributed by atoms with van der Waals surface area (Å²) in [4.78, 5) is 55.6. The van der Waals surface area contributed by atoms with Crippen molar-refractivity contribution in [3.8, 4) is 21.8 Å². The minimum atomic E-state index is -4.68. The maximum Gasteiger partial charge on any atom is 0.434 e. The fourth-order valence-corrected chi connectivity index (χ4v) is 7.17. The molecule has 1 aliphatic heterocycles. The number of carboxylic acids is 1. The molecule has 0 saturated carbocycles. The third-order valence-corrected chi connectivity index (χ3v) is 9.49. The van der Waals surface area contributed by atoms with E-state index in [1.807, 2.05) is 4.57 Å². The van der Waals surface area contributed by atoms with E-state index in [1.54, 1.807) is 6.92 Å². The number of hydrogen-bond donors (Lipinski definition) is 3. The largest absolute Gasteiger partial charge is 0.477 e. The van der Waals surface area contributed by atoms with Crippen LogP contribution >= 0.6 is 11.3 Å². The van der Waals surface area contributed by atoms with Crippen LogP contribution in [0, 0.1) is 0 Å². The highest BCUT2D eigenvalue weighted by Crippen LogP contribution is 2.38. The van der Waals surface area contributed by atoms with Crippen molar-refractivity contribution in [1.29, 1.82) is 0 Å². The minimum Gasteiger partial charge on any atom is -0.477 e. The molecule has 1 aliphatic rings. The quantitative estimate of drug-likeness (QED) is 0.147. The normalized spacial score (nSPS) is 15.5. The van der Waals surface area contributed by atoms with Crippen LogP contribution in [-0.4, -0.2) is 92.2 Å². The number of urea groups is 1. The number of likely N-dealkylation sites (tertiary alicyclic amines) is 1. The summed E-state index contributed by atoms with van der Waals surface area (Å²) in [5, 5.41) is 16.1. The number of carboxylic acid groups (broad SMARTS) is 1. The van der Waals surface area contributed by atoms with E-state index in [2.05, 4.69) is 49.2 Å². The Kier molecular flexibility index (Phi) is 11.9. The molecule has 0 spiro atoms. The molecule has 12 nitrogen and oxygen atoms in total. The van der Waals surface area contributed by atoms with Crippen molar-refractivity contribution in [2.45, 2.75) is 58.7 Å². The molecule has 0 aliphatic carbocycles. The molecule has 1 saturated heterocycles. The molecule has 0 aromatic carbocycles. The number of pyridine rings is 3. The van der Waals surface area contributed by atoms with E-state index in [9.17, 15) is 32.7 Å². The van der Waals surface area contributed by atoms with E-state index in [1.165, 1.54) is 30.7 Å². The Bertz CT molecular complexity index is 1890. The van der Waals surface area contributed by atoms with Crippen molar-refractivity contribution in [2.75, 3.05) is 51.1 Å². The molecule has 50 heavy (non-hydrogen) atoms. The standard InChI is InChI=1S/C34H41F3N8O4S/c1-4-9-43(10-5-2)12-13-44-11-7-8-21(18-44)45-19-25(32(47)48)30(46)23-14-26(39-17-27(23)45)24-16-40-29(42-33(49)38-6-3)15-22(24)31-41-28(20-50-31)34(35,36)37/h14-17,19-21H,4-13,18H2,1-3H3,(H,47,48)(H2,38,40,42,49). The number of aromatic nitrogens is 4. The van der Waals surface area contributed by atoms with Crippen molar-refractivity contribution in [3.63, 3.8) is 0 Å². The maximum atomic E-state index is 13.6. The second kappa shape index (κ2) is 16.1. The summed E-state index contributed by atoms with van der Waals surface area (Å²) in [6.45, 7) is 11.9. The molecular formula is C34H41F3N8O4S. The molecule has 4 aromatic heterocycles. The molecule has 5 heterocycles. The highest BCUT2D eigenvalue weighted by atomic mass is 32.1. The van der Waals surface area contributed by atoms with Gasteiger partial charge >= 0.3 is 18.2 Å². The van der Waals surface area contributed by atoms with Gasteiger partial charge in [0.15, 0.2) is 5.69 Å². The zero-order valence-corrected chi connectivity index (χ0v) is 29.0. The number of carbonyl (C=O) groups is 2. The van der Waals surface area contributed by atoms with E-state index in [0.29, 0.717) is 18.6 Å². The van der Waals surface area contributed by atoms with Crippen LogP contribution in [0.2, 0.25) is 0 Å². The number of thiazole rings is 1. The van der Waals surface area contributed by atoms with Crippen LogP contribution in [0.15, 0.2) is 40.9 Å². The summed E-state index contributed by atoms with van der Waals surface area (Å²) < 4.78 is 42.4. The highest BCUT2D eigenvalue weighted by molar-refractivity contribution is 7.13. The number of carbonyl (C=O) groups excluding carboxylic acids is 1.